The summed E-state index contributed by atoms with van der Waals surface area (Å²) in [5.74, 6) is 0.507. The van der Waals surface area contributed by atoms with E-state index in [1.165, 1.54) is 12.1 Å². The first-order chi connectivity index (χ1) is 8.11. The van der Waals surface area contributed by atoms with Crippen LogP contribution in [0, 0.1) is 0 Å². The zero-order valence-corrected chi connectivity index (χ0v) is 9.51. The molecule has 0 spiro atoms. The van der Waals surface area contributed by atoms with Crippen molar-refractivity contribution in [1.82, 2.24) is 0 Å². The van der Waals surface area contributed by atoms with Gasteiger partial charge in [-0.25, -0.2) is 0 Å². The maximum absolute atomic E-state index is 12.7. The first-order valence-electron chi connectivity index (χ1n) is 4.95. The van der Waals surface area contributed by atoms with Crippen molar-refractivity contribution < 1.29 is 18.3 Å². The lowest BCUT2D eigenvalue weighted by Crippen LogP contribution is -2.25. The van der Waals surface area contributed by atoms with Gasteiger partial charge in [-0.2, -0.15) is 0 Å². The van der Waals surface area contributed by atoms with Crippen LogP contribution in [-0.4, -0.2) is 18.7 Å². The second kappa shape index (κ2) is 4.79. The van der Waals surface area contributed by atoms with Gasteiger partial charge >= 0.3 is 6.29 Å². The fourth-order valence-corrected chi connectivity index (χ4v) is 1.51. The smallest absolute Gasteiger partial charge is 0.395 e. The fraction of sp³-hybridized carbons (Fsp3) is 0.273. The molecule has 0 amide bonds. The van der Waals surface area contributed by atoms with Gasteiger partial charge in [0.25, 0.3) is 0 Å². The zero-order chi connectivity index (χ0) is 12.3. The highest BCUT2D eigenvalue weighted by Gasteiger charge is 2.43. The fourth-order valence-electron chi connectivity index (χ4n) is 1.38. The second-order valence-corrected chi connectivity index (χ2v) is 3.64. The molecule has 3 nitrogen and oxygen atoms in total. The van der Waals surface area contributed by atoms with E-state index in [2.05, 4.69) is 14.8 Å². The standard InChI is InChI=1S/C11H10ClF2NO2/c12-5-1-2-6-15-8-3-4-9-10(7-8)17-11(13,14)16-9/h1-4,7,15H,5-6H2/b2-1+. The van der Waals surface area contributed by atoms with E-state index in [0.29, 0.717) is 18.1 Å². The molecule has 1 heterocycles. The SMILES string of the molecule is FC1(F)Oc2ccc(NC/C=C/CCl)cc2O1. The van der Waals surface area contributed by atoms with Crippen molar-refractivity contribution in [2.75, 3.05) is 17.7 Å². The molecule has 0 aliphatic carbocycles. The Kier molecular flexibility index (Phi) is 3.38. The summed E-state index contributed by atoms with van der Waals surface area (Å²) >= 11 is 5.46. The zero-order valence-electron chi connectivity index (χ0n) is 8.75. The maximum atomic E-state index is 12.7. The van der Waals surface area contributed by atoms with Gasteiger partial charge in [-0.1, -0.05) is 12.2 Å². The van der Waals surface area contributed by atoms with Crippen molar-refractivity contribution in [3.05, 3.63) is 30.4 Å². The van der Waals surface area contributed by atoms with Crippen LogP contribution in [0.3, 0.4) is 0 Å². The van der Waals surface area contributed by atoms with E-state index in [-0.39, 0.29) is 11.5 Å². The van der Waals surface area contributed by atoms with Gasteiger partial charge in [0, 0.05) is 24.2 Å². The Morgan fingerprint density at radius 3 is 2.76 bits per heavy atom. The highest BCUT2D eigenvalue weighted by Crippen LogP contribution is 2.42. The molecule has 0 saturated carbocycles. The molecule has 0 saturated heterocycles. The molecule has 1 aromatic rings. The molecule has 17 heavy (non-hydrogen) atoms. The average Bonchev–Trinajstić information content (AvgIpc) is 2.57. The van der Waals surface area contributed by atoms with Crippen LogP contribution in [0.15, 0.2) is 30.4 Å². The molecule has 1 aromatic carbocycles. The average molecular weight is 262 g/mol. The number of halogens is 3. The van der Waals surface area contributed by atoms with Crippen molar-refractivity contribution >= 4 is 17.3 Å². The van der Waals surface area contributed by atoms with E-state index in [1.54, 1.807) is 12.1 Å². The highest BCUT2D eigenvalue weighted by molar-refractivity contribution is 6.18. The van der Waals surface area contributed by atoms with E-state index in [9.17, 15) is 8.78 Å². The minimum absolute atomic E-state index is 0.0290. The number of rotatable bonds is 4. The summed E-state index contributed by atoms with van der Waals surface area (Å²) in [4.78, 5) is 0. The molecule has 0 aromatic heterocycles. The van der Waals surface area contributed by atoms with Gasteiger partial charge < -0.3 is 14.8 Å². The van der Waals surface area contributed by atoms with Crippen LogP contribution in [0.2, 0.25) is 0 Å². The number of alkyl halides is 3. The number of anilines is 1. The Labute approximate surface area is 102 Å². The van der Waals surface area contributed by atoms with E-state index < -0.39 is 6.29 Å². The lowest BCUT2D eigenvalue weighted by molar-refractivity contribution is -0.286. The number of fused-ring (bicyclic) bond motifs is 1. The molecular weight excluding hydrogens is 252 g/mol. The molecule has 0 atom stereocenters. The van der Waals surface area contributed by atoms with E-state index in [4.69, 9.17) is 11.6 Å². The van der Waals surface area contributed by atoms with Crippen molar-refractivity contribution in [1.29, 1.82) is 0 Å². The van der Waals surface area contributed by atoms with E-state index in [1.807, 2.05) is 6.08 Å². The number of benzene rings is 1. The minimum atomic E-state index is -3.57. The number of hydrogen-bond acceptors (Lipinski definition) is 3. The third-order valence-electron chi connectivity index (χ3n) is 2.08. The first-order valence-corrected chi connectivity index (χ1v) is 5.49. The molecule has 2 rings (SSSR count). The predicted molar refractivity (Wildman–Crippen MR) is 61.0 cm³/mol. The quantitative estimate of drug-likeness (QED) is 0.667. The van der Waals surface area contributed by atoms with Gasteiger partial charge in [-0.3, -0.25) is 0 Å². The van der Waals surface area contributed by atoms with Crippen molar-refractivity contribution in [3.8, 4) is 11.5 Å². The highest BCUT2D eigenvalue weighted by atomic mass is 35.5. The van der Waals surface area contributed by atoms with Gasteiger partial charge in [0.15, 0.2) is 11.5 Å². The summed E-state index contributed by atoms with van der Waals surface area (Å²) in [5, 5.41) is 3.01. The van der Waals surface area contributed by atoms with Gasteiger partial charge in [0.05, 0.1) is 0 Å². The molecule has 0 bridgehead atoms. The summed E-state index contributed by atoms with van der Waals surface area (Å²) < 4.78 is 34.1. The third-order valence-corrected chi connectivity index (χ3v) is 2.26. The minimum Gasteiger partial charge on any atom is -0.395 e. The summed E-state index contributed by atoms with van der Waals surface area (Å²) in [6.07, 6.45) is 0.0569. The van der Waals surface area contributed by atoms with E-state index >= 15 is 0 Å². The third kappa shape index (κ3) is 3.00. The Morgan fingerprint density at radius 2 is 2.00 bits per heavy atom. The number of hydrogen-bond donors (Lipinski definition) is 1. The van der Waals surface area contributed by atoms with Crippen molar-refractivity contribution in [2.45, 2.75) is 6.29 Å². The van der Waals surface area contributed by atoms with Gasteiger partial charge in [0.1, 0.15) is 0 Å². The second-order valence-electron chi connectivity index (χ2n) is 3.34. The van der Waals surface area contributed by atoms with Crippen molar-refractivity contribution in [2.24, 2.45) is 0 Å². The van der Waals surface area contributed by atoms with Crippen LogP contribution >= 0.6 is 11.6 Å². The molecule has 1 aliphatic rings. The summed E-state index contributed by atoms with van der Waals surface area (Å²) in [6, 6.07) is 4.53. The number of ether oxygens (including phenoxy) is 2. The molecule has 0 unspecified atom stereocenters. The maximum Gasteiger partial charge on any atom is 0.586 e. The van der Waals surface area contributed by atoms with Crippen LogP contribution < -0.4 is 14.8 Å². The van der Waals surface area contributed by atoms with Crippen LogP contribution in [0.5, 0.6) is 11.5 Å². The molecule has 1 aliphatic heterocycles. The molecule has 1 N–H and O–H groups in total. The Morgan fingerprint density at radius 1 is 1.24 bits per heavy atom. The lowest BCUT2D eigenvalue weighted by Gasteiger charge is -2.04. The molecular formula is C11H10ClF2NO2. The normalized spacial score (nSPS) is 16.4. The topological polar surface area (TPSA) is 30.5 Å². The van der Waals surface area contributed by atoms with Crippen LogP contribution in [0.1, 0.15) is 0 Å². The Balaban J connectivity index is 2.01. The van der Waals surface area contributed by atoms with Crippen LogP contribution in [-0.2, 0) is 0 Å². The Hall–Kier alpha value is -1.49. The summed E-state index contributed by atoms with van der Waals surface area (Å²) in [5.41, 5.74) is 0.671. The lowest BCUT2D eigenvalue weighted by atomic mass is 10.3. The number of allylic oxidation sites excluding steroid dienone is 1. The largest absolute Gasteiger partial charge is 0.586 e. The molecule has 92 valence electrons. The van der Waals surface area contributed by atoms with Crippen molar-refractivity contribution in [3.63, 3.8) is 0 Å². The number of nitrogens with one attached hydrogen (secondary N) is 1. The van der Waals surface area contributed by atoms with Gasteiger partial charge in [-0.05, 0) is 12.1 Å². The Bertz CT molecular complexity index is 437. The molecule has 6 heteroatoms. The molecule has 0 radical (unpaired) electrons. The van der Waals surface area contributed by atoms with Gasteiger partial charge in [-0.15, -0.1) is 20.4 Å². The summed E-state index contributed by atoms with van der Waals surface area (Å²) in [6.45, 7) is 0.558. The van der Waals surface area contributed by atoms with Gasteiger partial charge in [0.2, 0.25) is 0 Å². The van der Waals surface area contributed by atoms with E-state index in [0.717, 1.165) is 0 Å². The first kappa shape index (κ1) is 12.0. The van der Waals surface area contributed by atoms with Crippen LogP contribution in [0.4, 0.5) is 14.5 Å². The monoisotopic (exact) mass is 261 g/mol. The summed E-state index contributed by atoms with van der Waals surface area (Å²) in [7, 11) is 0. The predicted octanol–water partition coefficient (Wildman–Crippen LogP) is 3.22. The molecule has 0 fully saturated rings. The van der Waals surface area contributed by atoms with Crippen LogP contribution in [0.25, 0.3) is 0 Å².